The maximum atomic E-state index is 13.2. The molecule has 3 N–H and O–H groups in total. The lowest BCUT2D eigenvalue weighted by Gasteiger charge is -2.02. The minimum atomic E-state index is -4.45. The number of carboxylic acid groups (broad SMARTS) is 1. The average Bonchev–Trinajstić information content (AvgIpc) is 3.14. The molecule has 3 rings (SSSR count). The Balaban J connectivity index is 0.000000216. The van der Waals surface area contributed by atoms with Crippen LogP contribution in [0.5, 0.6) is 5.75 Å². The van der Waals surface area contributed by atoms with Crippen molar-refractivity contribution in [2.75, 3.05) is 0 Å². The smallest absolute Gasteiger partial charge is 0.339 e. The third-order valence-electron chi connectivity index (χ3n) is 3.50. The third kappa shape index (κ3) is 5.89. The molecule has 1 aromatic heterocycles. The van der Waals surface area contributed by atoms with Crippen LogP contribution in [-0.4, -0.2) is 49.7 Å². The quantitative estimate of drug-likeness (QED) is 0.396. The Kier molecular flexibility index (Phi) is 6.92. The Hall–Kier alpha value is -3.71. The van der Waals surface area contributed by atoms with Crippen LogP contribution < -0.4 is 0 Å². The van der Waals surface area contributed by atoms with Gasteiger partial charge in [-0.1, -0.05) is 0 Å². The zero-order valence-corrected chi connectivity index (χ0v) is 15.6. The van der Waals surface area contributed by atoms with Gasteiger partial charge in [0.1, 0.15) is 42.1 Å². The van der Waals surface area contributed by atoms with Crippen LogP contribution in [0.15, 0.2) is 53.9 Å². The fourth-order valence-corrected chi connectivity index (χ4v) is 2.62. The van der Waals surface area contributed by atoms with E-state index in [2.05, 4.69) is 10.1 Å². The number of hydrogen-bond acceptors (Lipinski definition) is 7. The number of nitrogens with zero attached hydrogens (tertiary/aromatic N) is 3. The van der Waals surface area contributed by atoms with Gasteiger partial charge in [-0.05, 0) is 30.3 Å². The van der Waals surface area contributed by atoms with Crippen LogP contribution in [0.3, 0.4) is 0 Å². The van der Waals surface area contributed by atoms with Crippen LogP contribution in [0.1, 0.15) is 20.7 Å². The maximum Gasteiger partial charge on any atom is 0.339 e. The molecule has 10 nitrogen and oxygen atoms in total. The number of carboxylic acids is 1. The van der Waals surface area contributed by atoms with Crippen molar-refractivity contribution in [3.8, 4) is 5.75 Å². The van der Waals surface area contributed by atoms with Gasteiger partial charge in [0, 0.05) is 6.07 Å². The predicted octanol–water partition coefficient (Wildman–Crippen LogP) is 1.78. The van der Waals surface area contributed by atoms with E-state index in [9.17, 15) is 26.8 Å². The summed E-state index contributed by atoms with van der Waals surface area (Å²) in [7, 11) is -4.45. The lowest BCUT2D eigenvalue weighted by atomic mass is 10.1. The van der Waals surface area contributed by atoms with Gasteiger partial charge in [0.25, 0.3) is 10.1 Å². The van der Waals surface area contributed by atoms with E-state index in [4.69, 9.17) is 14.8 Å². The van der Waals surface area contributed by atoms with Crippen molar-refractivity contribution in [2.45, 2.75) is 11.4 Å². The molecule has 0 spiro atoms. The molecule has 0 saturated heterocycles. The van der Waals surface area contributed by atoms with Crippen molar-refractivity contribution >= 4 is 21.9 Å². The van der Waals surface area contributed by atoms with E-state index in [1.165, 1.54) is 17.3 Å². The first-order chi connectivity index (χ1) is 14.0. The number of hydrogen-bond donors (Lipinski definition) is 3. The lowest BCUT2D eigenvalue weighted by molar-refractivity contribution is 0.0693. The molecule has 0 aliphatic rings. The first-order valence-electron chi connectivity index (χ1n) is 7.83. The van der Waals surface area contributed by atoms with Gasteiger partial charge in [0.2, 0.25) is 0 Å². The number of carbonyl (C=O) groups excluding carboxylic acids is 1. The molecule has 0 aliphatic heterocycles. The van der Waals surface area contributed by atoms with Gasteiger partial charge in [0.15, 0.2) is 5.78 Å². The van der Waals surface area contributed by atoms with Gasteiger partial charge in [-0.15, -0.1) is 0 Å². The van der Waals surface area contributed by atoms with E-state index in [0.29, 0.717) is 12.1 Å². The van der Waals surface area contributed by atoms with E-state index in [0.717, 1.165) is 24.3 Å². The molecule has 0 fully saturated rings. The number of benzene rings is 2. The highest BCUT2D eigenvalue weighted by molar-refractivity contribution is 7.85. The molecule has 30 heavy (non-hydrogen) atoms. The van der Waals surface area contributed by atoms with Gasteiger partial charge >= 0.3 is 5.97 Å². The molecule has 3 aromatic rings. The molecule has 158 valence electrons. The summed E-state index contributed by atoms with van der Waals surface area (Å²) < 4.78 is 56.9. The summed E-state index contributed by atoms with van der Waals surface area (Å²) in [6, 6.07) is 5.28. The normalized spacial score (nSPS) is 10.8. The molecule has 0 bridgehead atoms. The predicted molar refractivity (Wildman–Crippen MR) is 95.6 cm³/mol. The molecule has 0 aliphatic carbocycles. The van der Waals surface area contributed by atoms with E-state index in [1.54, 1.807) is 0 Å². The summed E-state index contributed by atoms with van der Waals surface area (Å²) in [6.07, 6.45) is 2.62. The molecule has 1 heterocycles. The number of halogens is 2. The number of aromatic carboxylic acids is 1. The summed E-state index contributed by atoms with van der Waals surface area (Å²) >= 11 is 0. The largest absolute Gasteiger partial charge is 0.507 e. The third-order valence-corrected chi connectivity index (χ3v) is 4.35. The van der Waals surface area contributed by atoms with Crippen LogP contribution in [0, 0.1) is 11.6 Å². The SMILES string of the molecule is O=C(Cn1cncn1)c1ccc(F)cc1F.O=C(O)c1cc(S(=O)(=O)O)ccc1O. The number of aromatic hydroxyl groups is 1. The molecular weight excluding hydrogens is 428 g/mol. The monoisotopic (exact) mass is 441 g/mol. The van der Waals surface area contributed by atoms with Crippen molar-refractivity contribution < 1.29 is 41.6 Å². The van der Waals surface area contributed by atoms with Crippen LogP contribution in [-0.2, 0) is 16.7 Å². The number of carbonyl (C=O) groups is 2. The van der Waals surface area contributed by atoms with E-state index in [-0.39, 0.29) is 12.1 Å². The Labute approximate surface area is 167 Å². The second kappa shape index (κ2) is 9.19. The summed E-state index contributed by atoms with van der Waals surface area (Å²) in [5.41, 5.74) is -0.739. The molecule has 0 saturated carbocycles. The van der Waals surface area contributed by atoms with Gasteiger partial charge in [0.05, 0.1) is 10.5 Å². The van der Waals surface area contributed by atoms with Crippen molar-refractivity contribution in [1.29, 1.82) is 0 Å². The highest BCUT2D eigenvalue weighted by Crippen LogP contribution is 2.20. The van der Waals surface area contributed by atoms with Gasteiger partial charge < -0.3 is 10.2 Å². The molecule has 0 radical (unpaired) electrons. The molecular formula is C17H13F2N3O7S. The standard InChI is InChI=1S/C10H7F2N3O.C7H6O6S/c11-7-1-2-8(9(12)3-7)10(16)4-15-6-13-5-14-15;8-6-2-1-4(14(11,12)13)3-5(6)7(9)10/h1-3,5-6H,4H2;1-3,8H,(H,9,10)(H,11,12,13). The van der Waals surface area contributed by atoms with Crippen molar-refractivity contribution in [3.63, 3.8) is 0 Å². The number of ketones is 1. The summed E-state index contributed by atoms with van der Waals surface area (Å²) in [5.74, 6) is -4.11. The summed E-state index contributed by atoms with van der Waals surface area (Å²) in [6.45, 7) is -0.122. The Morgan fingerprint density at radius 3 is 2.30 bits per heavy atom. The number of Topliss-reactive ketones (excluding diaryl/α,β-unsaturated/α-hetero) is 1. The second-order valence-corrected chi connectivity index (χ2v) is 7.02. The highest BCUT2D eigenvalue weighted by atomic mass is 32.2. The summed E-state index contributed by atoms with van der Waals surface area (Å²) in [5, 5.41) is 21.3. The van der Waals surface area contributed by atoms with Crippen LogP contribution >= 0.6 is 0 Å². The number of phenols is 1. The van der Waals surface area contributed by atoms with Crippen LogP contribution in [0.2, 0.25) is 0 Å². The van der Waals surface area contributed by atoms with Gasteiger partial charge in [-0.3, -0.25) is 9.35 Å². The topological polar surface area (TPSA) is 160 Å². The van der Waals surface area contributed by atoms with E-state index >= 15 is 0 Å². The average molecular weight is 441 g/mol. The molecule has 13 heteroatoms. The Bertz CT molecular complexity index is 1180. The van der Waals surface area contributed by atoms with Crippen molar-refractivity contribution in [2.24, 2.45) is 0 Å². The molecule has 0 atom stereocenters. The minimum absolute atomic E-state index is 0.122. The second-order valence-electron chi connectivity index (χ2n) is 5.60. The van der Waals surface area contributed by atoms with Crippen molar-refractivity contribution in [3.05, 3.63) is 71.8 Å². The van der Waals surface area contributed by atoms with E-state index < -0.39 is 49.7 Å². The summed E-state index contributed by atoms with van der Waals surface area (Å²) in [4.78, 5) is 25.1. The van der Waals surface area contributed by atoms with Crippen LogP contribution in [0.25, 0.3) is 0 Å². The first-order valence-corrected chi connectivity index (χ1v) is 9.27. The minimum Gasteiger partial charge on any atom is -0.507 e. The Morgan fingerprint density at radius 1 is 1.07 bits per heavy atom. The zero-order valence-electron chi connectivity index (χ0n) is 14.8. The number of rotatable bonds is 5. The maximum absolute atomic E-state index is 13.2. The Morgan fingerprint density at radius 2 is 1.77 bits per heavy atom. The van der Waals surface area contributed by atoms with Crippen molar-refractivity contribution in [1.82, 2.24) is 14.8 Å². The van der Waals surface area contributed by atoms with Crippen LogP contribution in [0.4, 0.5) is 8.78 Å². The number of aromatic nitrogens is 3. The van der Waals surface area contributed by atoms with E-state index in [1.807, 2.05) is 0 Å². The fraction of sp³-hybridized carbons (Fsp3) is 0.0588. The van der Waals surface area contributed by atoms with Gasteiger partial charge in [-0.25, -0.2) is 23.2 Å². The molecule has 0 unspecified atom stereocenters. The first kappa shape index (κ1) is 22.6. The molecule has 0 amide bonds. The van der Waals surface area contributed by atoms with Gasteiger partial charge in [-0.2, -0.15) is 13.5 Å². The molecule has 2 aromatic carbocycles. The highest BCUT2D eigenvalue weighted by Gasteiger charge is 2.16. The lowest BCUT2D eigenvalue weighted by Crippen LogP contribution is -2.12. The fourth-order valence-electron chi connectivity index (χ4n) is 2.11. The zero-order chi connectivity index (χ0) is 22.5.